The van der Waals surface area contributed by atoms with Crippen LogP contribution in [0.2, 0.25) is 5.02 Å². The molecule has 0 bridgehead atoms. The van der Waals surface area contributed by atoms with Crippen molar-refractivity contribution >= 4 is 47.5 Å². The lowest BCUT2D eigenvalue weighted by atomic mass is 10.2. The van der Waals surface area contributed by atoms with Crippen LogP contribution in [-0.2, 0) is 16.1 Å². The molecular formula is C15H23ClIN3O2. The van der Waals surface area contributed by atoms with Crippen molar-refractivity contribution in [2.45, 2.75) is 13.5 Å². The summed E-state index contributed by atoms with van der Waals surface area (Å²) in [5.41, 5.74) is 1.13. The fourth-order valence-electron chi connectivity index (χ4n) is 1.85. The first-order valence-corrected chi connectivity index (χ1v) is 7.09. The minimum atomic E-state index is -0.238. The maximum Gasteiger partial charge on any atom is 0.310 e. The Kier molecular flexibility index (Phi) is 10.2. The third-order valence-electron chi connectivity index (χ3n) is 3.08. The maximum atomic E-state index is 11.4. The molecule has 0 amide bonds. The SMILES string of the molecule is CN=C(NCC(C)C(=O)OC)N(C)Cc1ccc(Cl)cc1.I. The van der Waals surface area contributed by atoms with Gasteiger partial charge in [-0.25, -0.2) is 0 Å². The van der Waals surface area contributed by atoms with E-state index in [0.29, 0.717) is 13.1 Å². The molecule has 0 aliphatic rings. The minimum Gasteiger partial charge on any atom is -0.469 e. The number of benzene rings is 1. The first kappa shape index (κ1) is 21.0. The second-order valence-electron chi connectivity index (χ2n) is 4.83. The molecule has 0 aromatic heterocycles. The normalized spacial score (nSPS) is 12.1. The number of rotatable bonds is 5. The summed E-state index contributed by atoms with van der Waals surface area (Å²) in [5.74, 6) is 0.259. The van der Waals surface area contributed by atoms with E-state index in [1.54, 1.807) is 7.05 Å². The summed E-state index contributed by atoms with van der Waals surface area (Å²) in [4.78, 5) is 17.6. The summed E-state index contributed by atoms with van der Waals surface area (Å²) < 4.78 is 4.70. The number of carbonyl (C=O) groups excluding carboxylic acids is 1. The van der Waals surface area contributed by atoms with Crippen LogP contribution in [0.25, 0.3) is 0 Å². The molecule has 1 unspecified atom stereocenters. The zero-order valence-corrected chi connectivity index (χ0v) is 16.4. The van der Waals surface area contributed by atoms with Crippen LogP contribution in [0.1, 0.15) is 12.5 Å². The van der Waals surface area contributed by atoms with Crippen molar-refractivity contribution in [3.05, 3.63) is 34.9 Å². The highest BCUT2D eigenvalue weighted by Gasteiger charge is 2.14. The van der Waals surface area contributed by atoms with Crippen molar-refractivity contribution in [3.8, 4) is 0 Å². The molecule has 1 rings (SSSR count). The van der Waals surface area contributed by atoms with E-state index in [1.807, 2.05) is 43.1 Å². The molecule has 124 valence electrons. The summed E-state index contributed by atoms with van der Waals surface area (Å²) in [6.45, 7) is 2.99. The standard InChI is InChI=1S/C15H22ClN3O2.HI/c1-11(14(20)21-4)9-18-15(17-2)19(3)10-12-5-7-13(16)8-6-12;/h5-8,11H,9-10H2,1-4H3,(H,17,18);1H. The van der Waals surface area contributed by atoms with Crippen LogP contribution in [0.15, 0.2) is 29.3 Å². The van der Waals surface area contributed by atoms with Gasteiger partial charge in [0.1, 0.15) is 0 Å². The van der Waals surface area contributed by atoms with E-state index in [2.05, 4.69) is 10.3 Å². The molecule has 0 spiro atoms. The number of ether oxygens (including phenoxy) is 1. The highest BCUT2D eigenvalue weighted by Crippen LogP contribution is 2.11. The number of methoxy groups -OCH3 is 1. The van der Waals surface area contributed by atoms with Gasteiger partial charge in [-0.3, -0.25) is 9.79 Å². The molecule has 0 heterocycles. The molecule has 0 fully saturated rings. The lowest BCUT2D eigenvalue weighted by Gasteiger charge is -2.23. The Labute approximate surface area is 154 Å². The number of nitrogens with one attached hydrogen (secondary N) is 1. The summed E-state index contributed by atoms with van der Waals surface area (Å²) in [6, 6.07) is 7.67. The van der Waals surface area contributed by atoms with Gasteiger partial charge < -0.3 is 15.0 Å². The van der Waals surface area contributed by atoms with Gasteiger partial charge in [0, 0.05) is 32.2 Å². The zero-order chi connectivity index (χ0) is 15.8. The Balaban J connectivity index is 0.00000441. The molecule has 0 saturated heterocycles. The van der Waals surface area contributed by atoms with Crippen molar-refractivity contribution < 1.29 is 9.53 Å². The van der Waals surface area contributed by atoms with Crippen molar-refractivity contribution in [2.75, 3.05) is 27.7 Å². The molecule has 1 aromatic rings. The van der Waals surface area contributed by atoms with Crippen LogP contribution in [0.4, 0.5) is 0 Å². The number of aliphatic imine (C=N–C) groups is 1. The number of carbonyl (C=O) groups is 1. The van der Waals surface area contributed by atoms with Gasteiger partial charge in [-0.05, 0) is 17.7 Å². The van der Waals surface area contributed by atoms with Gasteiger partial charge in [0.05, 0.1) is 13.0 Å². The molecule has 5 nitrogen and oxygen atoms in total. The molecule has 0 saturated carbocycles. The average molecular weight is 440 g/mol. The van der Waals surface area contributed by atoms with Crippen LogP contribution < -0.4 is 5.32 Å². The second kappa shape index (κ2) is 10.7. The van der Waals surface area contributed by atoms with Gasteiger partial charge >= 0.3 is 5.97 Å². The monoisotopic (exact) mass is 439 g/mol. The van der Waals surface area contributed by atoms with Crippen molar-refractivity contribution in [2.24, 2.45) is 10.9 Å². The molecule has 0 aliphatic heterocycles. The smallest absolute Gasteiger partial charge is 0.310 e. The van der Waals surface area contributed by atoms with E-state index in [0.717, 1.165) is 16.5 Å². The van der Waals surface area contributed by atoms with Gasteiger partial charge in [-0.1, -0.05) is 30.7 Å². The van der Waals surface area contributed by atoms with E-state index in [4.69, 9.17) is 16.3 Å². The summed E-state index contributed by atoms with van der Waals surface area (Å²) in [5, 5.41) is 3.88. The first-order chi connectivity index (χ1) is 9.97. The number of esters is 1. The highest BCUT2D eigenvalue weighted by atomic mass is 127. The Morgan fingerprint density at radius 3 is 2.50 bits per heavy atom. The summed E-state index contributed by atoms with van der Waals surface area (Å²) in [6.07, 6.45) is 0. The summed E-state index contributed by atoms with van der Waals surface area (Å²) >= 11 is 5.87. The van der Waals surface area contributed by atoms with Crippen LogP contribution in [0, 0.1) is 5.92 Å². The largest absolute Gasteiger partial charge is 0.469 e. The number of halogens is 2. The fraction of sp³-hybridized carbons (Fsp3) is 0.467. The predicted octanol–water partition coefficient (Wildman–Crippen LogP) is 2.77. The number of guanidine groups is 1. The second-order valence-corrected chi connectivity index (χ2v) is 5.27. The third-order valence-corrected chi connectivity index (χ3v) is 3.33. The van der Waals surface area contributed by atoms with Crippen LogP contribution in [0.3, 0.4) is 0 Å². The minimum absolute atomic E-state index is 0. The van der Waals surface area contributed by atoms with Gasteiger partial charge in [0.15, 0.2) is 5.96 Å². The Bertz CT molecular complexity index is 494. The van der Waals surface area contributed by atoms with Crippen molar-refractivity contribution in [1.82, 2.24) is 10.2 Å². The van der Waals surface area contributed by atoms with Crippen molar-refractivity contribution in [1.29, 1.82) is 0 Å². The number of nitrogens with zero attached hydrogens (tertiary/aromatic N) is 2. The zero-order valence-electron chi connectivity index (χ0n) is 13.3. The molecule has 1 N–H and O–H groups in total. The Morgan fingerprint density at radius 1 is 1.41 bits per heavy atom. The van der Waals surface area contributed by atoms with Crippen molar-refractivity contribution in [3.63, 3.8) is 0 Å². The van der Waals surface area contributed by atoms with Crippen LogP contribution >= 0.6 is 35.6 Å². The first-order valence-electron chi connectivity index (χ1n) is 6.72. The van der Waals surface area contributed by atoms with Crippen LogP contribution in [0.5, 0.6) is 0 Å². The Hall–Kier alpha value is -1.02. The molecule has 0 radical (unpaired) electrons. The van der Waals surface area contributed by atoms with E-state index < -0.39 is 0 Å². The van der Waals surface area contributed by atoms with Gasteiger partial charge in [0.25, 0.3) is 0 Å². The van der Waals surface area contributed by atoms with Crippen LogP contribution in [-0.4, -0.2) is 44.6 Å². The quantitative estimate of drug-likeness (QED) is 0.332. The van der Waals surface area contributed by atoms with E-state index >= 15 is 0 Å². The van der Waals surface area contributed by atoms with Gasteiger partial charge in [-0.15, -0.1) is 24.0 Å². The van der Waals surface area contributed by atoms with E-state index in [-0.39, 0.29) is 35.9 Å². The third kappa shape index (κ3) is 6.83. The highest BCUT2D eigenvalue weighted by molar-refractivity contribution is 14.0. The average Bonchev–Trinajstić information content (AvgIpc) is 2.49. The molecule has 1 atom stereocenters. The molecule has 0 aliphatic carbocycles. The fourth-order valence-corrected chi connectivity index (χ4v) is 1.98. The number of hydrogen-bond acceptors (Lipinski definition) is 3. The molecule has 22 heavy (non-hydrogen) atoms. The molecule has 7 heteroatoms. The number of hydrogen-bond donors (Lipinski definition) is 1. The van der Waals surface area contributed by atoms with Gasteiger partial charge in [-0.2, -0.15) is 0 Å². The lowest BCUT2D eigenvalue weighted by Crippen LogP contribution is -2.41. The van der Waals surface area contributed by atoms with Gasteiger partial charge in [0.2, 0.25) is 0 Å². The van der Waals surface area contributed by atoms with E-state index in [9.17, 15) is 4.79 Å². The van der Waals surface area contributed by atoms with E-state index in [1.165, 1.54) is 7.11 Å². The molecular weight excluding hydrogens is 417 g/mol. The Morgan fingerprint density at radius 2 is 2.00 bits per heavy atom. The maximum absolute atomic E-state index is 11.4. The lowest BCUT2D eigenvalue weighted by molar-refractivity contribution is -0.144. The summed E-state index contributed by atoms with van der Waals surface area (Å²) in [7, 11) is 5.04. The predicted molar refractivity (Wildman–Crippen MR) is 101 cm³/mol. The molecule has 1 aromatic carbocycles. The topological polar surface area (TPSA) is 53.9 Å².